The summed E-state index contributed by atoms with van der Waals surface area (Å²) in [5, 5.41) is 3.74. The average molecular weight is 184 g/mol. The van der Waals surface area contributed by atoms with Gasteiger partial charge in [0.25, 0.3) is 0 Å². The van der Waals surface area contributed by atoms with Crippen LogP contribution in [0.4, 0.5) is 0 Å². The van der Waals surface area contributed by atoms with Crippen molar-refractivity contribution >= 4 is 18.0 Å². The summed E-state index contributed by atoms with van der Waals surface area (Å²) in [5.41, 5.74) is 2.12. The topological polar surface area (TPSA) is 67.8 Å². The Labute approximate surface area is 76.1 Å². The van der Waals surface area contributed by atoms with E-state index in [1.54, 1.807) is 13.8 Å². The van der Waals surface area contributed by atoms with E-state index in [0.29, 0.717) is 6.61 Å². The molecule has 1 heterocycles. The van der Waals surface area contributed by atoms with Gasteiger partial charge in [0, 0.05) is 6.42 Å². The number of carbonyl (C=O) groups excluding carboxylic acids is 2. The highest BCUT2D eigenvalue weighted by Gasteiger charge is 2.34. The molecule has 0 spiro atoms. The fraction of sp³-hybridized carbons (Fsp3) is 0.625. The van der Waals surface area contributed by atoms with E-state index in [9.17, 15) is 9.59 Å². The van der Waals surface area contributed by atoms with Gasteiger partial charge in [-0.1, -0.05) is 0 Å². The first-order valence-electron chi connectivity index (χ1n) is 4.08. The molecule has 72 valence electrons. The Balaban J connectivity index is 2.58. The van der Waals surface area contributed by atoms with Crippen LogP contribution in [0.1, 0.15) is 20.3 Å². The lowest BCUT2D eigenvalue weighted by atomic mass is 9.99. The van der Waals surface area contributed by atoms with Crippen molar-refractivity contribution in [3.05, 3.63) is 0 Å². The summed E-state index contributed by atoms with van der Waals surface area (Å²) in [4.78, 5) is 21.7. The molecule has 1 atom stereocenters. The zero-order valence-corrected chi connectivity index (χ0v) is 7.66. The molecule has 0 saturated heterocycles. The molecule has 1 aliphatic rings. The van der Waals surface area contributed by atoms with Gasteiger partial charge in [-0.25, -0.2) is 4.79 Å². The summed E-state index contributed by atoms with van der Waals surface area (Å²) in [6.45, 7) is 3.71. The lowest BCUT2D eigenvalue weighted by molar-refractivity contribution is -0.135. The van der Waals surface area contributed by atoms with Crippen LogP contribution in [0.25, 0.3) is 0 Å². The highest BCUT2D eigenvalue weighted by molar-refractivity contribution is 6.37. The third-order valence-corrected chi connectivity index (χ3v) is 1.75. The van der Waals surface area contributed by atoms with Gasteiger partial charge in [-0.15, -0.1) is 0 Å². The second kappa shape index (κ2) is 3.55. The molecule has 0 bridgehead atoms. The summed E-state index contributed by atoms with van der Waals surface area (Å²) in [6, 6.07) is 0. The lowest BCUT2D eigenvalue weighted by Crippen LogP contribution is -2.37. The minimum atomic E-state index is -0.748. The maximum absolute atomic E-state index is 11.1. The molecule has 0 radical (unpaired) electrons. The Kier molecular flexibility index (Phi) is 2.65. The van der Waals surface area contributed by atoms with E-state index in [1.807, 2.05) is 0 Å². The molecule has 5 heteroatoms. The molecule has 0 unspecified atom stereocenters. The number of hydrogen-bond donors (Lipinski definition) is 1. The molecular formula is C8H12N2O3. The Morgan fingerprint density at radius 1 is 1.85 bits per heavy atom. The quantitative estimate of drug-likeness (QED) is 0.489. The molecular weight excluding hydrogens is 172 g/mol. The fourth-order valence-corrected chi connectivity index (χ4v) is 1.02. The normalized spacial score (nSPS) is 26.2. The van der Waals surface area contributed by atoms with Gasteiger partial charge in [0.05, 0.1) is 6.61 Å². The maximum atomic E-state index is 11.1. The SMILES string of the molecule is CCOC(=O)C1=NN[C@@](C)(C=O)C1. The molecule has 1 N–H and O–H groups in total. The summed E-state index contributed by atoms with van der Waals surface area (Å²) in [6.07, 6.45) is 1.03. The molecule has 0 fully saturated rings. The smallest absolute Gasteiger partial charge is 0.354 e. The van der Waals surface area contributed by atoms with Crippen molar-refractivity contribution < 1.29 is 14.3 Å². The van der Waals surface area contributed by atoms with Crippen LogP contribution in [0.3, 0.4) is 0 Å². The number of nitrogens with zero attached hydrogens (tertiary/aromatic N) is 1. The third kappa shape index (κ3) is 2.05. The number of ether oxygens (including phenoxy) is 1. The predicted molar refractivity (Wildman–Crippen MR) is 46.3 cm³/mol. The van der Waals surface area contributed by atoms with E-state index in [2.05, 4.69) is 10.5 Å². The fourth-order valence-electron chi connectivity index (χ4n) is 1.02. The molecule has 0 amide bonds. The lowest BCUT2D eigenvalue weighted by Gasteiger charge is -2.13. The van der Waals surface area contributed by atoms with Gasteiger partial charge < -0.3 is 9.53 Å². The average Bonchev–Trinajstić information content (AvgIpc) is 2.50. The molecule has 13 heavy (non-hydrogen) atoms. The molecule has 1 rings (SSSR count). The summed E-state index contributed by atoms with van der Waals surface area (Å²) in [7, 11) is 0. The van der Waals surface area contributed by atoms with Gasteiger partial charge in [-0.2, -0.15) is 5.10 Å². The van der Waals surface area contributed by atoms with E-state index < -0.39 is 11.5 Å². The zero-order valence-electron chi connectivity index (χ0n) is 7.66. The number of hydrazone groups is 1. The van der Waals surface area contributed by atoms with Gasteiger partial charge in [0.15, 0.2) is 0 Å². The second-order valence-electron chi connectivity index (χ2n) is 3.10. The van der Waals surface area contributed by atoms with Crippen LogP contribution in [0.2, 0.25) is 0 Å². The monoisotopic (exact) mass is 184 g/mol. The molecule has 0 aromatic heterocycles. The Hall–Kier alpha value is -1.39. The van der Waals surface area contributed by atoms with Crippen molar-refractivity contribution in [3.8, 4) is 0 Å². The van der Waals surface area contributed by atoms with Gasteiger partial charge in [-0.3, -0.25) is 5.43 Å². The summed E-state index contributed by atoms with van der Waals surface area (Å²) in [5.74, 6) is -0.458. The van der Waals surface area contributed by atoms with E-state index in [4.69, 9.17) is 4.74 Å². The van der Waals surface area contributed by atoms with Crippen molar-refractivity contribution in [1.82, 2.24) is 5.43 Å². The minimum absolute atomic E-state index is 0.274. The molecule has 0 saturated carbocycles. The first-order valence-corrected chi connectivity index (χ1v) is 4.08. The number of esters is 1. The molecule has 0 aromatic rings. The van der Waals surface area contributed by atoms with Crippen LogP contribution in [0, 0.1) is 0 Å². The second-order valence-corrected chi connectivity index (χ2v) is 3.10. The van der Waals surface area contributed by atoms with E-state index in [1.165, 1.54) is 0 Å². The Bertz CT molecular complexity index is 262. The number of carbonyl (C=O) groups is 2. The van der Waals surface area contributed by atoms with E-state index in [-0.39, 0.29) is 12.1 Å². The van der Waals surface area contributed by atoms with Crippen molar-refractivity contribution in [1.29, 1.82) is 0 Å². The van der Waals surface area contributed by atoms with Crippen LogP contribution < -0.4 is 5.43 Å². The van der Waals surface area contributed by atoms with Gasteiger partial charge in [-0.05, 0) is 13.8 Å². The maximum Gasteiger partial charge on any atom is 0.354 e. The van der Waals surface area contributed by atoms with Crippen LogP contribution in [-0.4, -0.2) is 30.1 Å². The van der Waals surface area contributed by atoms with E-state index >= 15 is 0 Å². The molecule has 0 aliphatic carbocycles. The van der Waals surface area contributed by atoms with Crippen molar-refractivity contribution in [2.75, 3.05) is 6.61 Å². The molecule has 5 nitrogen and oxygen atoms in total. The van der Waals surface area contributed by atoms with Crippen molar-refractivity contribution in [2.24, 2.45) is 5.10 Å². The number of aldehydes is 1. The van der Waals surface area contributed by atoms with Crippen LogP contribution in [-0.2, 0) is 14.3 Å². The summed E-state index contributed by atoms with van der Waals surface area (Å²) < 4.78 is 4.74. The number of nitrogens with one attached hydrogen (secondary N) is 1. The van der Waals surface area contributed by atoms with Crippen LogP contribution in [0.15, 0.2) is 5.10 Å². The van der Waals surface area contributed by atoms with Crippen molar-refractivity contribution in [2.45, 2.75) is 25.8 Å². The Morgan fingerprint density at radius 3 is 3.00 bits per heavy atom. The minimum Gasteiger partial charge on any atom is -0.461 e. The van der Waals surface area contributed by atoms with Gasteiger partial charge in [0.1, 0.15) is 17.5 Å². The van der Waals surface area contributed by atoms with E-state index in [0.717, 1.165) is 6.29 Å². The number of hydrogen-bond acceptors (Lipinski definition) is 5. The molecule has 1 aliphatic heterocycles. The van der Waals surface area contributed by atoms with Crippen LogP contribution in [0.5, 0.6) is 0 Å². The molecule has 0 aromatic carbocycles. The highest BCUT2D eigenvalue weighted by atomic mass is 16.5. The van der Waals surface area contributed by atoms with Crippen LogP contribution >= 0.6 is 0 Å². The summed E-state index contributed by atoms with van der Waals surface area (Å²) >= 11 is 0. The van der Waals surface area contributed by atoms with Gasteiger partial charge >= 0.3 is 5.97 Å². The predicted octanol–water partition coefficient (Wildman–Crippen LogP) is -0.144. The Morgan fingerprint density at radius 2 is 2.54 bits per heavy atom. The third-order valence-electron chi connectivity index (χ3n) is 1.75. The first kappa shape index (κ1) is 9.70. The first-order chi connectivity index (χ1) is 6.11. The van der Waals surface area contributed by atoms with Gasteiger partial charge in [0.2, 0.25) is 0 Å². The largest absolute Gasteiger partial charge is 0.461 e. The highest BCUT2D eigenvalue weighted by Crippen LogP contribution is 2.14. The number of rotatable bonds is 3. The zero-order chi connectivity index (χ0) is 9.90. The standard InChI is InChI=1S/C8H12N2O3/c1-3-13-7(12)6-4-8(2,5-11)10-9-6/h5,10H,3-4H2,1-2H3/t8-/m1/s1. The van der Waals surface area contributed by atoms with Crippen molar-refractivity contribution in [3.63, 3.8) is 0 Å².